The summed E-state index contributed by atoms with van der Waals surface area (Å²) < 4.78 is 16.5. The molecule has 0 saturated carbocycles. The Bertz CT molecular complexity index is 5310. The number of benzene rings is 5. The molecule has 0 bridgehead atoms. The fourth-order valence-corrected chi connectivity index (χ4v) is 16.2. The number of carbonyl (C=O) groups is 23. The number of carbonyl (C=O) groups excluding carboxylic acids is 21. The van der Waals surface area contributed by atoms with Gasteiger partial charge in [-0.2, -0.15) is 0 Å². The summed E-state index contributed by atoms with van der Waals surface area (Å²) >= 11 is 0. The maximum atomic E-state index is 13.7. The molecule has 9 aliphatic rings. The van der Waals surface area contributed by atoms with E-state index >= 15 is 0 Å². The number of ether oxygens (including phenoxy) is 3. The Morgan fingerprint density at radius 2 is 0.722 bits per heavy atom. The third kappa shape index (κ3) is 24.9. The van der Waals surface area contributed by atoms with Crippen LogP contribution in [0.15, 0.2) is 152 Å². The van der Waals surface area contributed by atoms with Gasteiger partial charge in [0, 0.05) is 74.1 Å². The van der Waals surface area contributed by atoms with Crippen LogP contribution >= 0.6 is 0 Å². The van der Waals surface area contributed by atoms with Gasteiger partial charge in [0.25, 0.3) is 47.3 Å². The predicted molar refractivity (Wildman–Crippen MR) is 455 cm³/mol. The lowest BCUT2D eigenvalue weighted by Crippen LogP contribution is -2.64. The molecule has 0 aromatic heterocycles. The van der Waals surface area contributed by atoms with Crippen LogP contribution in [0.4, 0.5) is 0 Å². The van der Waals surface area contributed by atoms with Gasteiger partial charge in [0.1, 0.15) is 54.2 Å². The van der Waals surface area contributed by atoms with E-state index in [4.69, 9.17) is 19.3 Å². The van der Waals surface area contributed by atoms with Crippen molar-refractivity contribution in [1.82, 2.24) is 72.0 Å². The van der Waals surface area contributed by atoms with Gasteiger partial charge in [-0.05, 0) is 103 Å². The van der Waals surface area contributed by atoms with Gasteiger partial charge in [-0.3, -0.25) is 116 Å². The Hall–Kier alpha value is -15.1. The molecule has 11 atom stereocenters. The van der Waals surface area contributed by atoms with Gasteiger partial charge in [-0.1, -0.05) is 152 Å². The molecule has 42 heteroatoms. The zero-order valence-corrected chi connectivity index (χ0v) is 72.7. The first-order valence-electron chi connectivity index (χ1n) is 43.3. The van der Waals surface area contributed by atoms with Crippen LogP contribution in [0.1, 0.15) is 183 Å². The van der Waals surface area contributed by atoms with E-state index in [0.717, 1.165) is 35.6 Å². The van der Waals surface area contributed by atoms with E-state index in [1.807, 2.05) is 30.3 Å². The number of rotatable bonds is 24. The van der Waals surface area contributed by atoms with Crippen LogP contribution in [0.25, 0.3) is 0 Å². The van der Waals surface area contributed by atoms with Crippen molar-refractivity contribution < 1.29 is 135 Å². The quantitative estimate of drug-likeness (QED) is 0.0185. The van der Waals surface area contributed by atoms with E-state index in [0.29, 0.717) is 38.6 Å². The van der Waals surface area contributed by atoms with Gasteiger partial charge in [-0.25, -0.2) is 29.6 Å². The normalized spacial score (nSPS) is 22.5. The van der Waals surface area contributed by atoms with E-state index in [9.17, 15) is 115 Å². The number of carboxylic acids is 2. The molecule has 1 unspecified atom stereocenters. The third-order valence-electron chi connectivity index (χ3n) is 22.6. The molecular weight excluding hydrogens is 1740 g/mol. The second-order valence-electron chi connectivity index (χ2n) is 33.2. The lowest BCUT2D eigenvalue weighted by atomic mass is 10.0. The van der Waals surface area contributed by atoms with Crippen molar-refractivity contribution in [2.24, 2.45) is 0 Å². The molecule has 5 aromatic rings. The largest absolute Gasteiger partial charge is 0.481 e. The van der Waals surface area contributed by atoms with E-state index in [2.05, 4.69) is 31.9 Å². The molecule has 14 amide bonds. The summed E-state index contributed by atoms with van der Waals surface area (Å²) in [5, 5.41) is 41.9. The van der Waals surface area contributed by atoms with E-state index < -0.39 is 191 Å². The van der Waals surface area contributed by atoms with Gasteiger partial charge >= 0.3 is 23.9 Å². The number of ketones is 4. The summed E-state index contributed by atoms with van der Waals surface area (Å²) in [6, 6.07) is 29.6. The summed E-state index contributed by atoms with van der Waals surface area (Å²) in [7, 11) is 0. The van der Waals surface area contributed by atoms with Crippen LogP contribution in [0.2, 0.25) is 0 Å². The number of fused-ring (bicyclic) bond motifs is 4. The molecule has 702 valence electrons. The molecule has 9 fully saturated rings. The highest BCUT2D eigenvalue weighted by atomic mass is 16.7. The molecule has 9 heterocycles. The minimum absolute atomic E-state index is 0.00478. The second kappa shape index (κ2) is 44.9. The number of aldehydes is 1. The number of esters is 2. The average molecular weight is 1840 g/mol. The van der Waals surface area contributed by atoms with Crippen molar-refractivity contribution in [2.75, 3.05) is 26.2 Å². The SMILES string of the molecule is CC(C)(C)OC(=O)[C@@H]1CCCN2C(=O)CC[C@H](NC(=O)C(=O)c3ccccc3)C(=O)N12.O=C(N[C@H]1CCC(=O)N2CCC[C@@H](C(=O)O)N2C1=O)C(=O)c1ccccc1.O=C1C[C@H](NC(=O)[C@@H]2CCCN3C(=O)CC[C@H](NC(=O)C(=O)c4ccccc4)C(=O)N23)C(OCc2ccccc2)O1.O=C[C@@H](CC(=O)O)NC(=O)[C@@H]1CCCN2C(=O)CC[C@H](NC(=O)C(=O)c3ccccc3)C(=O)N12. The number of nitrogens with one attached hydrogen (secondary N) is 6. The van der Waals surface area contributed by atoms with Gasteiger partial charge in [0.2, 0.25) is 64.9 Å². The Morgan fingerprint density at radius 1 is 0.414 bits per heavy atom. The lowest BCUT2D eigenvalue weighted by molar-refractivity contribution is -0.188. The first kappa shape index (κ1) is 98.5. The predicted octanol–water partition coefficient (Wildman–Crippen LogP) is 1.09. The van der Waals surface area contributed by atoms with Crippen molar-refractivity contribution in [3.8, 4) is 0 Å². The highest BCUT2D eigenvalue weighted by Gasteiger charge is 2.52. The van der Waals surface area contributed by atoms with Gasteiger partial charge in [0.15, 0.2) is 12.1 Å². The highest BCUT2D eigenvalue weighted by Crippen LogP contribution is 2.32. The zero-order chi connectivity index (χ0) is 96.1. The minimum Gasteiger partial charge on any atom is -0.481 e. The number of hydrazine groups is 4. The molecule has 0 radical (unpaired) electrons. The number of nitrogens with zero attached hydrogens (tertiary/aromatic N) is 8. The summed E-state index contributed by atoms with van der Waals surface area (Å²) in [5.74, 6) is -16.4. The van der Waals surface area contributed by atoms with Crippen LogP contribution in [0, 0.1) is 0 Å². The number of amides is 14. The Kier molecular flexibility index (Phi) is 33.3. The first-order valence-corrected chi connectivity index (χ1v) is 43.3. The van der Waals surface area contributed by atoms with Crippen LogP contribution in [-0.4, -0.2) is 285 Å². The highest BCUT2D eigenvalue weighted by molar-refractivity contribution is 6.45. The molecule has 9 saturated heterocycles. The average Bonchev–Trinajstić information content (AvgIpc) is 1.70. The number of carboxylic acid groups (broad SMARTS) is 2. The van der Waals surface area contributed by atoms with Crippen molar-refractivity contribution in [3.05, 3.63) is 179 Å². The van der Waals surface area contributed by atoms with Crippen molar-refractivity contribution >= 4 is 136 Å². The van der Waals surface area contributed by atoms with Crippen LogP contribution in [0.5, 0.6) is 0 Å². The number of Topliss-reactive ketones (excluding diaryl/α,β-unsaturated/α-hetero) is 4. The molecule has 14 rings (SSSR count). The topological polar surface area (TPSA) is 559 Å². The molecule has 8 N–H and O–H groups in total. The minimum atomic E-state index is -1.31. The molecule has 0 aliphatic carbocycles. The van der Waals surface area contributed by atoms with E-state index in [1.54, 1.807) is 93.6 Å². The lowest BCUT2D eigenvalue weighted by Gasteiger charge is -2.43. The van der Waals surface area contributed by atoms with Crippen LogP contribution in [0.3, 0.4) is 0 Å². The van der Waals surface area contributed by atoms with Crippen molar-refractivity contribution in [1.29, 1.82) is 0 Å². The number of hydrogen-bond donors (Lipinski definition) is 8. The molecule has 133 heavy (non-hydrogen) atoms. The molecule has 5 aromatic carbocycles. The van der Waals surface area contributed by atoms with Crippen LogP contribution in [-0.2, 0) is 112 Å². The smallest absolute Gasteiger partial charge is 0.331 e. The first-order chi connectivity index (χ1) is 63.5. The fraction of sp³-hybridized carbons (Fsp3) is 0.418. The van der Waals surface area contributed by atoms with E-state index in [-0.39, 0.29) is 150 Å². The number of hydrogen-bond acceptors (Lipinski definition) is 26. The Morgan fingerprint density at radius 3 is 1.05 bits per heavy atom. The van der Waals surface area contributed by atoms with E-state index in [1.165, 1.54) is 58.5 Å². The molecular formula is C91H100N14O28. The number of aliphatic carboxylic acids is 2. The number of cyclic esters (lactones) is 1. The maximum Gasteiger partial charge on any atom is 0.331 e. The van der Waals surface area contributed by atoms with Crippen molar-refractivity contribution in [3.63, 3.8) is 0 Å². The van der Waals surface area contributed by atoms with Gasteiger partial charge < -0.3 is 61.1 Å². The monoisotopic (exact) mass is 1840 g/mol. The molecule has 9 aliphatic heterocycles. The summed E-state index contributed by atoms with van der Waals surface area (Å²) in [5.41, 5.74) is 0.770. The molecule has 42 nitrogen and oxygen atoms in total. The summed E-state index contributed by atoms with van der Waals surface area (Å²) in [6.07, 6.45) is 1.11. The Labute approximate surface area is 760 Å². The molecule has 0 spiro atoms. The Balaban J connectivity index is 0.000000173. The van der Waals surface area contributed by atoms with Gasteiger partial charge in [-0.15, -0.1) is 0 Å². The standard InChI is InChI=1S/C29H30N4O8.C22H24N4O8.C22H27N3O6.C18H19N3O6/c34-23-14-13-20(30-27(38)25(36)19-10-5-2-6-11-19)28(39)33-22(12-7-15-32(23)33)26(37)31-21-16-24(35)41-29(21)40-17-18-8-3-1-4-9-18;27-12-14(11-18(29)30)23-20(32)16-7-4-10-25-17(28)9-8-15(22(34)26(16)25)24-21(33)19(31)13-5-2-1-3-6-13;1-22(2,3)31-21(30)16-10-7-13-24-17(26)12-11-15(20(29)25(16)24)23-19(28)18(27)14-8-5-4-6-9-14;22-14-9-8-12(19-16(24)15(23)11-5-2-1-3-6-11)17(25)21-13(18(26)27)7-4-10-20(14)21/h1-6,8-11,20-22,29H,7,12-17H2,(H,30,38)(H,31,37);1-3,5-6,12,14-16H,4,7-11H2,(H,23,32)(H,24,33)(H,29,30);4-6,8-9,15-16H,7,10-13H2,1-3H3,(H,23,28);1-3,5-6,12-13H,4,7-10H2,(H,19,24)(H,26,27)/t20-,21-,22-,29?;14-,15+,16+;15-,16-;12-,13-/m0100/s1. The fourth-order valence-electron chi connectivity index (χ4n) is 16.2. The summed E-state index contributed by atoms with van der Waals surface area (Å²) in [4.78, 5) is 288. The second-order valence-corrected chi connectivity index (χ2v) is 33.2. The maximum absolute atomic E-state index is 13.7. The third-order valence-corrected chi connectivity index (χ3v) is 22.6. The van der Waals surface area contributed by atoms with Crippen molar-refractivity contribution in [2.45, 2.75) is 215 Å². The van der Waals surface area contributed by atoms with Crippen LogP contribution < -0.4 is 31.9 Å². The summed E-state index contributed by atoms with van der Waals surface area (Å²) in [6.45, 7) is 6.27. The zero-order valence-electron chi connectivity index (χ0n) is 72.7. The van der Waals surface area contributed by atoms with Gasteiger partial charge in [0.05, 0.1) is 25.5 Å².